The van der Waals surface area contributed by atoms with Crippen LogP contribution in [0.2, 0.25) is 0 Å². The van der Waals surface area contributed by atoms with Gasteiger partial charge in [0.2, 0.25) is 5.89 Å². The SMILES string of the molecule is CNC(Cc1nc(CCC(C)C)no1)C(C)C. The molecule has 0 radical (unpaired) electrons. The molecule has 98 valence electrons. The monoisotopic (exact) mass is 239 g/mol. The zero-order chi connectivity index (χ0) is 12.8. The van der Waals surface area contributed by atoms with Crippen molar-refractivity contribution in [3.8, 4) is 0 Å². The Labute approximate surface area is 104 Å². The van der Waals surface area contributed by atoms with Crippen LogP contribution in [0.1, 0.15) is 45.8 Å². The van der Waals surface area contributed by atoms with Gasteiger partial charge in [-0.15, -0.1) is 0 Å². The van der Waals surface area contributed by atoms with Gasteiger partial charge in [-0.3, -0.25) is 0 Å². The minimum atomic E-state index is 0.397. The van der Waals surface area contributed by atoms with Gasteiger partial charge < -0.3 is 9.84 Å². The first kappa shape index (κ1) is 14.2. The third kappa shape index (κ3) is 4.86. The second-order valence-corrected chi connectivity index (χ2v) is 5.38. The molecule has 1 atom stereocenters. The molecule has 1 aromatic rings. The molecular weight excluding hydrogens is 214 g/mol. The quantitative estimate of drug-likeness (QED) is 0.794. The molecule has 0 aliphatic heterocycles. The summed E-state index contributed by atoms with van der Waals surface area (Å²) in [7, 11) is 1.97. The lowest BCUT2D eigenvalue weighted by Crippen LogP contribution is -2.32. The Balaban J connectivity index is 2.50. The Bertz CT molecular complexity index is 320. The van der Waals surface area contributed by atoms with E-state index in [-0.39, 0.29) is 0 Å². The number of rotatable bonds is 7. The molecular formula is C13H25N3O. The first-order chi connectivity index (χ1) is 8.02. The van der Waals surface area contributed by atoms with Gasteiger partial charge in [0.25, 0.3) is 0 Å². The molecule has 4 heteroatoms. The van der Waals surface area contributed by atoms with Crippen molar-refractivity contribution >= 4 is 0 Å². The van der Waals surface area contributed by atoms with Gasteiger partial charge in [-0.2, -0.15) is 4.98 Å². The van der Waals surface area contributed by atoms with E-state index < -0.39 is 0 Å². The highest BCUT2D eigenvalue weighted by atomic mass is 16.5. The largest absolute Gasteiger partial charge is 0.339 e. The number of aryl methyl sites for hydroxylation is 1. The lowest BCUT2D eigenvalue weighted by atomic mass is 10.0. The Hall–Kier alpha value is -0.900. The smallest absolute Gasteiger partial charge is 0.228 e. The summed E-state index contributed by atoms with van der Waals surface area (Å²) in [6.45, 7) is 8.79. The van der Waals surface area contributed by atoms with E-state index in [2.05, 4.69) is 43.2 Å². The molecule has 0 aliphatic rings. The van der Waals surface area contributed by atoms with E-state index in [1.165, 1.54) is 0 Å². The van der Waals surface area contributed by atoms with Crippen LogP contribution in [-0.2, 0) is 12.8 Å². The first-order valence-corrected chi connectivity index (χ1v) is 6.51. The van der Waals surface area contributed by atoms with Crippen molar-refractivity contribution in [3.63, 3.8) is 0 Å². The van der Waals surface area contributed by atoms with Crippen molar-refractivity contribution < 1.29 is 4.52 Å². The van der Waals surface area contributed by atoms with Crippen LogP contribution in [0.25, 0.3) is 0 Å². The average Bonchev–Trinajstić information content (AvgIpc) is 2.70. The Kier molecular flexibility index (Phi) is 5.62. The zero-order valence-corrected chi connectivity index (χ0v) is 11.7. The summed E-state index contributed by atoms with van der Waals surface area (Å²) in [4.78, 5) is 4.43. The van der Waals surface area contributed by atoms with E-state index in [0.29, 0.717) is 17.9 Å². The minimum Gasteiger partial charge on any atom is -0.339 e. The number of nitrogens with one attached hydrogen (secondary N) is 1. The highest BCUT2D eigenvalue weighted by Crippen LogP contribution is 2.10. The normalized spacial score (nSPS) is 13.6. The molecule has 0 spiro atoms. The van der Waals surface area contributed by atoms with Crippen LogP contribution in [0.3, 0.4) is 0 Å². The predicted octanol–water partition coefficient (Wildman–Crippen LogP) is 2.44. The molecule has 4 nitrogen and oxygen atoms in total. The van der Waals surface area contributed by atoms with Crippen LogP contribution in [0.4, 0.5) is 0 Å². The first-order valence-electron chi connectivity index (χ1n) is 6.51. The molecule has 17 heavy (non-hydrogen) atoms. The van der Waals surface area contributed by atoms with Crippen molar-refractivity contribution in [1.29, 1.82) is 0 Å². The molecule has 1 rings (SSSR count). The molecule has 0 saturated carbocycles. The fraction of sp³-hybridized carbons (Fsp3) is 0.846. The van der Waals surface area contributed by atoms with Gasteiger partial charge >= 0.3 is 0 Å². The van der Waals surface area contributed by atoms with Gasteiger partial charge in [0, 0.05) is 18.9 Å². The van der Waals surface area contributed by atoms with Crippen LogP contribution >= 0.6 is 0 Å². The maximum atomic E-state index is 5.28. The standard InChI is InChI=1S/C13H25N3O/c1-9(2)6-7-12-15-13(17-16-12)8-11(14-5)10(3)4/h9-11,14H,6-8H2,1-5H3. The second-order valence-electron chi connectivity index (χ2n) is 5.38. The molecule has 0 amide bonds. The lowest BCUT2D eigenvalue weighted by molar-refractivity contribution is 0.332. The molecule has 0 fully saturated rings. The molecule has 1 heterocycles. The molecule has 1 N–H and O–H groups in total. The van der Waals surface area contributed by atoms with Crippen LogP contribution in [-0.4, -0.2) is 23.2 Å². The minimum absolute atomic E-state index is 0.397. The Morgan fingerprint density at radius 2 is 1.94 bits per heavy atom. The van der Waals surface area contributed by atoms with Crippen LogP contribution in [0.5, 0.6) is 0 Å². The maximum absolute atomic E-state index is 5.28. The second kappa shape index (κ2) is 6.74. The van der Waals surface area contributed by atoms with Gasteiger partial charge in [0.15, 0.2) is 5.82 Å². The van der Waals surface area contributed by atoms with Gasteiger partial charge in [-0.25, -0.2) is 0 Å². The summed E-state index contributed by atoms with van der Waals surface area (Å²) >= 11 is 0. The van der Waals surface area contributed by atoms with E-state index in [0.717, 1.165) is 31.0 Å². The number of likely N-dealkylation sites (N-methyl/N-ethyl adjacent to an activating group) is 1. The summed E-state index contributed by atoms with van der Waals surface area (Å²) in [6.07, 6.45) is 2.83. The summed E-state index contributed by atoms with van der Waals surface area (Å²) in [5.41, 5.74) is 0. The van der Waals surface area contributed by atoms with Crippen LogP contribution < -0.4 is 5.32 Å². The van der Waals surface area contributed by atoms with E-state index >= 15 is 0 Å². The van der Waals surface area contributed by atoms with Gasteiger partial charge in [-0.1, -0.05) is 32.9 Å². The topological polar surface area (TPSA) is 51.0 Å². The number of hydrogen-bond donors (Lipinski definition) is 1. The predicted molar refractivity (Wildman–Crippen MR) is 68.8 cm³/mol. The molecule has 0 aromatic carbocycles. The number of nitrogens with zero attached hydrogens (tertiary/aromatic N) is 2. The van der Waals surface area contributed by atoms with Gasteiger partial charge in [0.05, 0.1) is 0 Å². The molecule has 1 unspecified atom stereocenters. The molecule has 0 bridgehead atoms. The van der Waals surface area contributed by atoms with Crippen molar-refractivity contribution in [2.24, 2.45) is 11.8 Å². The number of aromatic nitrogens is 2. The molecule has 0 aliphatic carbocycles. The molecule has 1 aromatic heterocycles. The van der Waals surface area contributed by atoms with Crippen LogP contribution in [0, 0.1) is 11.8 Å². The van der Waals surface area contributed by atoms with Crippen molar-refractivity contribution in [2.45, 2.75) is 53.0 Å². The Morgan fingerprint density at radius 3 is 2.47 bits per heavy atom. The lowest BCUT2D eigenvalue weighted by Gasteiger charge is -2.17. The van der Waals surface area contributed by atoms with Crippen molar-refractivity contribution in [1.82, 2.24) is 15.5 Å². The third-order valence-electron chi connectivity index (χ3n) is 3.03. The van der Waals surface area contributed by atoms with Gasteiger partial charge in [-0.05, 0) is 25.3 Å². The van der Waals surface area contributed by atoms with Crippen molar-refractivity contribution in [3.05, 3.63) is 11.7 Å². The third-order valence-corrected chi connectivity index (χ3v) is 3.03. The highest BCUT2D eigenvalue weighted by Gasteiger charge is 2.16. The van der Waals surface area contributed by atoms with Crippen LogP contribution in [0.15, 0.2) is 4.52 Å². The number of hydrogen-bond acceptors (Lipinski definition) is 4. The summed E-state index contributed by atoms with van der Waals surface area (Å²) in [6, 6.07) is 0.397. The van der Waals surface area contributed by atoms with E-state index in [1.54, 1.807) is 0 Å². The highest BCUT2D eigenvalue weighted by molar-refractivity contribution is 4.90. The Morgan fingerprint density at radius 1 is 1.24 bits per heavy atom. The van der Waals surface area contributed by atoms with Crippen molar-refractivity contribution in [2.75, 3.05) is 7.05 Å². The van der Waals surface area contributed by atoms with E-state index in [4.69, 9.17) is 4.52 Å². The summed E-state index contributed by atoms with van der Waals surface area (Å²) < 4.78 is 5.28. The van der Waals surface area contributed by atoms with E-state index in [9.17, 15) is 0 Å². The fourth-order valence-electron chi connectivity index (χ4n) is 1.75. The zero-order valence-electron chi connectivity index (χ0n) is 11.7. The summed E-state index contributed by atoms with van der Waals surface area (Å²) in [5.74, 6) is 2.83. The summed E-state index contributed by atoms with van der Waals surface area (Å²) in [5, 5.41) is 7.30. The van der Waals surface area contributed by atoms with Gasteiger partial charge in [0.1, 0.15) is 0 Å². The fourth-order valence-corrected chi connectivity index (χ4v) is 1.75. The maximum Gasteiger partial charge on any atom is 0.228 e. The average molecular weight is 239 g/mol. The van der Waals surface area contributed by atoms with E-state index in [1.807, 2.05) is 7.05 Å². The molecule has 0 saturated heterocycles.